The van der Waals surface area contributed by atoms with Crippen LogP contribution in [0.1, 0.15) is 56.1 Å². The van der Waals surface area contributed by atoms with Gasteiger partial charge in [0.2, 0.25) is 0 Å². The molecule has 3 saturated heterocycles. The Morgan fingerprint density at radius 2 is 1.87 bits per heavy atom. The highest BCUT2D eigenvalue weighted by Gasteiger charge is 2.51. The number of hydrogen-bond acceptors (Lipinski definition) is 5. The maximum atomic E-state index is 11.6. The monoisotopic (exact) mass is 467 g/mol. The maximum absolute atomic E-state index is 11.6. The molecule has 2 spiro atoms. The number of likely N-dealkylation sites (tertiary alicyclic amines) is 1. The lowest BCUT2D eigenvalue weighted by atomic mass is 9.80. The zero-order chi connectivity index (χ0) is 21.7. The Balaban J connectivity index is 1.13. The van der Waals surface area contributed by atoms with Crippen molar-refractivity contribution in [3.05, 3.63) is 34.3 Å². The van der Waals surface area contributed by atoms with Crippen molar-refractivity contribution in [2.75, 3.05) is 44.4 Å². The van der Waals surface area contributed by atoms with E-state index in [0.29, 0.717) is 23.3 Å². The summed E-state index contributed by atoms with van der Waals surface area (Å²) in [5, 5.41) is 0.888. The minimum atomic E-state index is -2.75. The second-order valence-electron chi connectivity index (χ2n) is 10.6. The fourth-order valence-corrected chi connectivity index (χ4v) is 9.01. The summed E-state index contributed by atoms with van der Waals surface area (Å²) in [5.41, 5.74) is 2.60. The van der Waals surface area contributed by atoms with E-state index in [-0.39, 0.29) is 11.2 Å². The number of sulfone groups is 1. The van der Waals surface area contributed by atoms with Crippen LogP contribution in [0.3, 0.4) is 0 Å². The Labute approximate surface area is 191 Å². The number of ether oxygens (including phenoxy) is 2. The Hall–Kier alpha value is -0.660. The van der Waals surface area contributed by atoms with Crippen LogP contribution in [0.15, 0.2) is 18.2 Å². The van der Waals surface area contributed by atoms with Crippen LogP contribution in [0, 0.1) is 11.3 Å². The van der Waals surface area contributed by atoms with Crippen LogP contribution in [-0.2, 0) is 25.7 Å². The largest absolute Gasteiger partial charge is 0.348 e. The average Bonchev–Trinajstić information content (AvgIpc) is 3.30. The van der Waals surface area contributed by atoms with Gasteiger partial charge in [-0.05, 0) is 61.3 Å². The quantitative estimate of drug-likeness (QED) is 0.654. The van der Waals surface area contributed by atoms with Crippen molar-refractivity contribution in [3.8, 4) is 0 Å². The number of halogens is 1. The van der Waals surface area contributed by atoms with E-state index >= 15 is 0 Å². The minimum Gasteiger partial charge on any atom is -0.348 e. The van der Waals surface area contributed by atoms with Crippen molar-refractivity contribution in [2.45, 2.75) is 57.2 Å². The van der Waals surface area contributed by atoms with Gasteiger partial charge in [0.05, 0.1) is 24.7 Å². The first-order valence-corrected chi connectivity index (χ1v) is 13.9. The third-order valence-electron chi connectivity index (χ3n) is 7.79. The lowest BCUT2D eigenvalue weighted by molar-refractivity contribution is -0.178. The fourth-order valence-electron chi connectivity index (χ4n) is 6.40. The predicted molar refractivity (Wildman–Crippen MR) is 122 cm³/mol. The highest BCUT2D eigenvalue weighted by atomic mass is 35.5. The van der Waals surface area contributed by atoms with Crippen LogP contribution >= 0.6 is 11.6 Å². The predicted octanol–water partition coefficient (Wildman–Crippen LogP) is 4.04. The zero-order valence-corrected chi connectivity index (χ0v) is 20.0. The topological polar surface area (TPSA) is 55.8 Å². The smallest absolute Gasteiger partial charge is 0.168 e. The molecule has 1 saturated carbocycles. The molecule has 5 nitrogen and oxygen atoms in total. The summed E-state index contributed by atoms with van der Waals surface area (Å²) in [6.07, 6.45) is 6.04. The average molecular weight is 468 g/mol. The molecule has 3 aliphatic heterocycles. The first-order chi connectivity index (χ1) is 14.8. The summed E-state index contributed by atoms with van der Waals surface area (Å²) < 4.78 is 34.9. The van der Waals surface area contributed by atoms with E-state index in [9.17, 15) is 8.42 Å². The molecule has 1 aliphatic carbocycles. The molecule has 0 bridgehead atoms. The Morgan fingerprint density at radius 3 is 2.52 bits per heavy atom. The molecule has 0 aromatic heterocycles. The molecule has 0 radical (unpaired) electrons. The molecule has 1 aromatic carbocycles. The summed E-state index contributed by atoms with van der Waals surface area (Å²) in [6.45, 7) is 6.70. The third-order valence-corrected chi connectivity index (χ3v) is 10.2. The molecule has 4 aliphatic rings. The summed E-state index contributed by atoms with van der Waals surface area (Å²) in [5.74, 6) is 1.46. The molecule has 31 heavy (non-hydrogen) atoms. The standard InChI is InChI=1S/C24H34ClNO4S/c1-18(14-26-9-8-23(15-26)16-31(27,28)17-23)12-19-2-3-21(22(25)13-19)20-4-6-24(7-5-20)29-10-11-30-24/h2-3,13,18,20H,4-12,14-17H2,1H3/t18-/m1/s1. The van der Waals surface area contributed by atoms with Crippen LogP contribution < -0.4 is 0 Å². The van der Waals surface area contributed by atoms with E-state index in [2.05, 4.69) is 30.0 Å². The molecule has 0 N–H and O–H groups in total. The van der Waals surface area contributed by atoms with Crippen LogP contribution in [-0.4, -0.2) is 63.5 Å². The molecule has 1 aromatic rings. The summed E-state index contributed by atoms with van der Waals surface area (Å²) in [6, 6.07) is 6.63. The van der Waals surface area contributed by atoms with Crippen molar-refractivity contribution in [3.63, 3.8) is 0 Å². The lowest BCUT2D eigenvalue weighted by Gasteiger charge is -2.37. The second kappa shape index (κ2) is 8.28. The van der Waals surface area contributed by atoms with Gasteiger partial charge in [0.15, 0.2) is 15.6 Å². The molecule has 0 amide bonds. The van der Waals surface area contributed by atoms with E-state index in [4.69, 9.17) is 21.1 Å². The molecule has 3 heterocycles. The summed E-state index contributed by atoms with van der Waals surface area (Å²) >= 11 is 6.73. The van der Waals surface area contributed by atoms with Gasteiger partial charge in [0.1, 0.15) is 0 Å². The van der Waals surface area contributed by atoms with Gasteiger partial charge >= 0.3 is 0 Å². The first kappa shape index (κ1) is 22.1. The van der Waals surface area contributed by atoms with Gasteiger partial charge in [-0.15, -0.1) is 0 Å². The second-order valence-corrected chi connectivity index (χ2v) is 13.0. The van der Waals surface area contributed by atoms with Gasteiger partial charge in [-0.1, -0.05) is 30.7 Å². The van der Waals surface area contributed by atoms with Crippen LogP contribution in [0.25, 0.3) is 0 Å². The highest BCUT2D eigenvalue weighted by Crippen LogP contribution is 2.44. The van der Waals surface area contributed by atoms with Crippen molar-refractivity contribution in [1.82, 2.24) is 4.90 Å². The zero-order valence-electron chi connectivity index (χ0n) is 18.4. The van der Waals surface area contributed by atoms with Gasteiger partial charge in [-0.2, -0.15) is 0 Å². The molecule has 1 atom stereocenters. The number of nitrogens with zero attached hydrogens (tertiary/aromatic N) is 1. The Morgan fingerprint density at radius 1 is 1.16 bits per heavy atom. The van der Waals surface area contributed by atoms with E-state index < -0.39 is 9.84 Å². The number of benzene rings is 1. The molecule has 5 rings (SSSR count). The van der Waals surface area contributed by atoms with E-state index in [1.807, 2.05) is 0 Å². The molecule has 7 heteroatoms. The van der Waals surface area contributed by atoms with Crippen LogP contribution in [0.2, 0.25) is 5.02 Å². The van der Waals surface area contributed by atoms with Crippen LogP contribution in [0.5, 0.6) is 0 Å². The van der Waals surface area contributed by atoms with Crippen molar-refractivity contribution in [1.29, 1.82) is 0 Å². The molecular formula is C24H34ClNO4S. The lowest BCUT2D eigenvalue weighted by Crippen LogP contribution is -2.50. The molecule has 4 fully saturated rings. The minimum absolute atomic E-state index is 0.0522. The maximum Gasteiger partial charge on any atom is 0.168 e. The Kier molecular flexibility index (Phi) is 5.92. The van der Waals surface area contributed by atoms with Gasteiger partial charge < -0.3 is 14.4 Å². The van der Waals surface area contributed by atoms with Gasteiger partial charge in [0, 0.05) is 36.4 Å². The van der Waals surface area contributed by atoms with Crippen molar-refractivity contribution < 1.29 is 17.9 Å². The fraction of sp³-hybridized carbons (Fsp3) is 0.750. The first-order valence-electron chi connectivity index (χ1n) is 11.7. The Bertz CT molecular complexity index is 906. The van der Waals surface area contributed by atoms with Gasteiger partial charge in [0.25, 0.3) is 0 Å². The van der Waals surface area contributed by atoms with Crippen molar-refractivity contribution >= 4 is 21.4 Å². The van der Waals surface area contributed by atoms with E-state index in [1.165, 1.54) is 11.1 Å². The van der Waals surface area contributed by atoms with E-state index in [0.717, 1.165) is 76.4 Å². The molecule has 0 unspecified atom stereocenters. The van der Waals surface area contributed by atoms with Crippen LogP contribution in [0.4, 0.5) is 0 Å². The molecular weight excluding hydrogens is 434 g/mol. The normalized spacial score (nSPS) is 28.2. The van der Waals surface area contributed by atoms with Gasteiger partial charge in [-0.25, -0.2) is 8.42 Å². The number of rotatable bonds is 5. The SMILES string of the molecule is C[C@H](Cc1ccc(C2CCC3(CC2)OCCO3)c(Cl)c1)CN1CCC2(C1)CS(=O)(=O)C2. The number of hydrogen-bond donors (Lipinski definition) is 0. The van der Waals surface area contributed by atoms with Gasteiger partial charge in [-0.3, -0.25) is 0 Å². The van der Waals surface area contributed by atoms with Crippen molar-refractivity contribution in [2.24, 2.45) is 11.3 Å². The highest BCUT2D eigenvalue weighted by molar-refractivity contribution is 7.92. The summed E-state index contributed by atoms with van der Waals surface area (Å²) in [4.78, 5) is 2.46. The molecule has 172 valence electrons. The third kappa shape index (κ3) is 4.70. The van der Waals surface area contributed by atoms with E-state index in [1.54, 1.807) is 0 Å². The summed E-state index contributed by atoms with van der Waals surface area (Å²) in [7, 11) is -2.75.